The molecule has 0 aliphatic carbocycles. The summed E-state index contributed by atoms with van der Waals surface area (Å²) in [7, 11) is -5.80. The van der Waals surface area contributed by atoms with Crippen LogP contribution < -0.4 is 0 Å². The molecule has 0 aromatic heterocycles. The van der Waals surface area contributed by atoms with E-state index in [2.05, 4.69) is 20.8 Å². The first kappa shape index (κ1) is 20.6. The van der Waals surface area contributed by atoms with Crippen LogP contribution >= 0.6 is 11.6 Å². The molecule has 0 unspecified atom stereocenters. The van der Waals surface area contributed by atoms with Gasteiger partial charge in [0.05, 0.1) is 24.0 Å². The van der Waals surface area contributed by atoms with E-state index < -0.39 is 30.4 Å². The molecular weight excluding hydrogens is 359 g/mol. The van der Waals surface area contributed by atoms with Gasteiger partial charge in [-0.15, -0.1) is 0 Å². The molecule has 1 aromatic rings. The third-order valence-corrected chi connectivity index (χ3v) is 9.33. The minimum Gasteiger partial charge on any atom is -0.408 e. The van der Waals surface area contributed by atoms with Crippen LogP contribution in [0.15, 0.2) is 18.2 Å². The third-order valence-electron chi connectivity index (χ3n) is 3.99. The van der Waals surface area contributed by atoms with Crippen LogP contribution in [0.5, 0.6) is 0 Å². The number of halogens is 2. The lowest BCUT2D eigenvalue weighted by Crippen LogP contribution is -2.42. The third kappa shape index (κ3) is 6.15. The fourth-order valence-corrected chi connectivity index (χ4v) is 3.46. The molecule has 1 aromatic carbocycles. The number of hydrogen-bond donors (Lipinski definition) is 0. The molecule has 4 nitrogen and oxygen atoms in total. The van der Waals surface area contributed by atoms with Gasteiger partial charge in [-0.05, 0) is 35.8 Å². The summed E-state index contributed by atoms with van der Waals surface area (Å²) in [6.45, 7) is 10.1. The van der Waals surface area contributed by atoms with E-state index in [1.807, 2.05) is 13.1 Å². The summed E-state index contributed by atoms with van der Waals surface area (Å²) in [4.78, 5) is 0. The van der Waals surface area contributed by atoms with Gasteiger partial charge in [0.2, 0.25) is 0 Å². The summed E-state index contributed by atoms with van der Waals surface area (Å²) in [6.07, 6.45) is 0.345. The van der Waals surface area contributed by atoms with Gasteiger partial charge in [-0.25, -0.2) is 4.39 Å². The van der Waals surface area contributed by atoms with Crippen molar-refractivity contribution in [2.75, 3.05) is 12.9 Å². The zero-order valence-electron chi connectivity index (χ0n) is 14.3. The van der Waals surface area contributed by atoms with Gasteiger partial charge in [-0.1, -0.05) is 38.4 Å². The summed E-state index contributed by atoms with van der Waals surface area (Å²) in [5.41, 5.74) is 0.588. The van der Waals surface area contributed by atoms with Crippen molar-refractivity contribution in [1.82, 2.24) is 0 Å². The van der Waals surface area contributed by atoms with Gasteiger partial charge < -0.3 is 4.43 Å². The van der Waals surface area contributed by atoms with Crippen LogP contribution in [0.25, 0.3) is 0 Å². The largest absolute Gasteiger partial charge is 0.408 e. The Kier molecular flexibility index (Phi) is 6.43. The molecule has 0 N–H and O–H groups in total. The maximum absolute atomic E-state index is 13.4. The van der Waals surface area contributed by atoms with E-state index in [9.17, 15) is 12.8 Å². The number of benzene rings is 1. The summed E-state index contributed by atoms with van der Waals surface area (Å²) >= 11 is 5.83. The molecule has 0 heterocycles. The Hall–Kier alpha value is -0.473. The lowest BCUT2D eigenvalue weighted by molar-refractivity contribution is 0.119. The van der Waals surface area contributed by atoms with Crippen molar-refractivity contribution in [1.29, 1.82) is 0 Å². The molecule has 1 rings (SSSR count). The van der Waals surface area contributed by atoms with Crippen LogP contribution in [-0.2, 0) is 18.7 Å². The number of hydrogen-bond acceptors (Lipinski definition) is 4. The molecule has 0 aliphatic rings. The highest BCUT2D eigenvalue weighted by Crippen LogP contribution is 2.40. The highest BCUT2D eigenvalue weighted by Gasteiger charge is 2.39. The first-order valence-electron chi connectivity index (χ1n) is 7.20. The average Bonchev–Trinajstić information content (AvgIpc) is 2.35. The highest BCUT2D eigenvalue weighted by atomic mass is 35.5. The minimum atomic E-state index is -3.61. The Morgan fingerprint density at radius 2 is 1.87 bits per heavy atom. The Bertz CT molecular complexity index is 656. The molecule has 0 amide bonds. The Morgan fingerprint density at radius 1 is 1.30 bits per heavy atom. The van der Waals surface area contributed by atoms with Crippen molar-refractivity contribution in [3.63, 3.8) is 0 Å². The van der Waals surface area contributed by atoms with Crippen molar-refractivity contribution >= 4 is 30.0 Å². The van der Waals surface area contributed by atoms with Gasteiger partial charge in [0.15, 0.2) is 8.32 Å². The van der Waals surface area contributed by atoms with Crippen LogP contribution in [0.4, 0.5) is 4.39 Å². The highest BCUT2D eigenvalue weighted by molar-refractivity contribution is 7.85. The Balaban J connectivity index is 3.13. The van der Waals surface area contributed by atoms with Gasteiger partial charge in [0.25, 0.3) is 10.1 Å². The molecule has 0 saturated heterocycles. The van der Waals surface area contributed by atoms with Crippen LogP contribution in [0.1, 0.15) is 32.4 Å². The fourth-order valence-electron chi connectivity index (χ4n) is 1.63. The van der Waals surface area contributed by atoms with Gasteiger partial charge >= 0.3 is 0 Å². The average molecular weight is 383 g/mol. The van der Waals surface area contributed by atoms with Crippen LogP contribution in [0, 0.1) is 5.82 Å². The second-order valence-corrected chi connectivity index (χ2v) is 13.8. The monoisotopic (exact) mass is 382 g/mol. The molecule has 8 heteroatoms. The van der Waals surface area contributed by atoms with E-state index in [1.54, 1.807) is 0 Å². The van der Waals surface area contributed by atoms with Gasteiger partial charge in [0, 0.05) is 0 Å². The fraction of sp³-hybridized carbons (Fsp3) is 0.600. The van der Waals surface area contributed by atoms with Crippen LogP contribution in [0.2, 0.25) is 23.2 Å². The summed E-state index contributed by atoms with van der Waals surface area (Å²) in [5, 5.41) is -0.106. The van der Waals surface area contributed by atoms with E-state index in [0.29, 0.717) is 5.56 Å². The molecule has 0 saturated carbocycles. The smallest absolute Gasteiger partial charge is 0.264 e. The second-order valence-electron chi connectivity index (χ2n) is 7.03. The Morgan fingerprint density at radius 3 is 2.30 bits per heavy atom. The van der Waals surface area contributed by atoms with Crippen LogP contribution in [0.3, 0.4) is 0 Å². The molecule has 0 aliphatic heterocycles. The predicted molar refractivity (Wildman–Crippen MR) is 93.2 cm³/mol. The van der Waals surface area contributed by atoms with Crippen molar-refractivity contribution < 1.29 is 21.4 Å². The van der Waals surface area contributed by atoms with Crippen molar-refractivity contribution in [2.45, 2.75) is 45.0 Å². The van der Waals surface area contributed by atoms with Crippen molar-refractivity contribution in [3.8, 4) is 0 Å². The topological polar surface area (TPSA) is 52.6 Å². The molecular formula is C15H24ClFO4SSi. The molecule has 0 spiro atoms. The quantitative estimate of drug-likeness (QED) is 0.536. The van der Waals surface area contributed by atoms with Gasteiger partial charge in [-0.2, -0.15) is 8.42 Å². The first-order valence-corrected chi connectivity index (χ1v) is 12.3. The van der Waals surface area contributed by atoms with Crippen molar-refractivity contribution in [2.24, 2.45) is 0 Å². The maximum Gasteiger partial charge on any atom is 0.264 e. The summed E-state index contributed by atoms with van der Waals surface area (Å²) in [5.74, 6) is -0.537. The van der Waals surface area contributed by atoms with E-state index in [1.165, 1.54) is 18.2 Å². The standard InChI is InChI=1S/C15H24ClFO4SSi/c1-15(2,3)23(5,6)21-14(10-20-22(4,18)19)11-7-8-13(17)12(16)9-11/h7-9,14H,10H2,1-6H3/t14-/m1/s1. The molecule has 132 valence electrons. The normalized spacial score (nSPS) is 14.8. The zero-order chi connectivity index (χ0) is 18.1. The first-order chi connectivity index (χ1) is 10.2. The van der Waals surface area contributed by atoms with Crippen molar-refractivity contribution in [3.05, 3.63) is 34.6 Å². The van der Waals surface area contributed by atoms with Gasteiger partial charge in [0.1, 0.15) is 5.82 Å². The molecule has 23 heavy (non-hydrogen) atoms. The zero-order valence-corrected chi connectivity index (χ0v) is 16.9. The maximum atomic E-state index is 13.4. The minimum absolute atomic E-state index is 0.0364. The lowest BCUT2D eigenvalue weighted by atomic mass is 10.1. The van der Waals surface area contributed by atoms with E-state index in [0.717, 1.165) is 6.26 Å². The van der Waals surface area contributed by atoms with E-state index >= 15 is 0 Å². The summed E-state index contributed by atoms with van der Waals surface area (Å²) < 4.78 is 47.1. The molecule has 0 fully saturated rings. The lowest BCUT2D eigenvalue weighted by Gasteiger charge is -2.39. The Labute approximate surface area is 144 Å². The summed E-state index contributed by atoms with van der Waals surface area (Å²) in [6, 6.07) is 4.21. The molecule has 1 atom stereocenters. The van der Waals surface area contributed by atoms with E-state index in [4.69, 9.17) is 20.2 Å². The molecule has 0 bridgehead atoms. The predicted octanol–water partition coefficient (Wildman–Crippen LogP) is 4.52. The SMILES string of the molecule is CC(C)(C)[Si](C)(C)O[C@H](COS(C)(=O)=O)c1ccc(F)c(Cl)c1. The second kappa shape index (κ2) is 7.19. The number of rotatable bonds is 6. The van der Waals surface area contributed by atoms with E-state index in [-0.39, 0.29) is 16.7 Å². The van der Waals surface area contributed by atoms with Gasteiger partial charge in [-0.3, -0.25) is 4.18 Å². The molecule has 0 radical (unpaired) electrons. The van der Waals surface area contributed by atoms with Crippen LogP contribution in [-0.4, -0.2) is 29.6 Å².